The summed E-state index contributed by atoms with van der Waals surface area (Å²) >= 11 is 0. The molecular formula is C14H21NO2. The molecule has 0 saturated heterocycles. The Morgan fingerprint density at radius 2 is 2.06 bits per heavy atom. The topological polar surface area (TPSA) is 32.7 Å². The minimum absolute atomic E-state index is 0.311. The van der Waals surface area contributed by atoms with Crippen LogP contribution in [0.5, 0.6) is 5.75 Å². The Kier molecular flexibility index (Phi) is 4.83. The van der Waals surface area contributed by atoms with Crippen LogP contribution in [0.2, 0.25) is 0 Å². The molecule has 1 N–H and O–H groups in total. The zero-order chi connectivity index (χ0) is 11.9. The van der Waals surface area contributed by atoms with Gasteiger partial charge in [-0.25, -0.2) is 0 Å². The number of hydrogen-bond donors (Lipinski definition) is 1. The van der Waals surface area contributed by atoms with E-state index in [1.165, 1.54) is 5.56 Å². The average molecular weight is 235 g/mol. The quantitative estimate of drug-likeness (QED) is 0.793. The Labute approximate surface area is 103 Å². The van der Waals surface area contributed by atoms with Crippen molar-refractivity contribution in [2.24, 2.45) is 0 Å². The van der Waals surface area contributed by atoms with E-state index >= 15 is 0 Å². The number of para-hydroxylation sites is 1. The second-order valence-corrected chi connectivity index (χ2v) is 4.52. The molecule has 0 unspecified atom stereocenters. The van der Waals surface area contributed by atoms with E-state index in [0.717, 1.165) is 51.3 Å². The van der Waals surface area contributed by atoms with Crippen molar-refractivity contribution in [3.05, 3.63) is 29.8 Å². The predicted octanol–water partition coefficient (Wildman–Crippen LogP) is 2.04. The molecule has 1 aromatic carbocycles. The Hall–Kier alpha value is -1.06. The van der Waals surface area contributed by atoms with Gasteiger partial charge in [0.15, 0.2) is 0 Å². The maximum atomic E-state index is 8.74. The molecule has 0 aromatic heterocycles. The first-order chi connectivity index (χ1) is 8.40. The van der Waals surface area contributed by atoms with Crippen molar-refractivity contribution < 1.29 is 9.84 Å². The van der Waals surface area contributed by atoms with Crippen molar-refractivity contribution in [2.75, 3.05) is 26.3 Å². The van der Waals surface area contributed by atoms with Gasteiger partial charge in [0, 0.05) is 25.3 Å². The van der Waals surface area contributed by atoms with Crippen molar-refractivity contribution in [2.45, 2.75) is 25.8 Å². The van der Waals surface area contributed by atoms with Gasteiger partial charge in [-0.1, -0.05) is 18.2 Å². The lowest BCUT2D eigenvalue weighted by Gasteiger charge is -2.18. The molecule has 0 radical (unpaired) electrons. The summed E-state index contributed by atoms with van der Waals surface area (Å²) in [5, 5.41) is 8.74. The highest BCUT2D eigenvalue weighted by Gasteiger charge is 2.13. The van der Waals surface area contributed by atoms with Crippen molar-refractivity contribution in [1.29, 1.82) is 0 Å². The van der Waals surface area contributed by atoms with E-state index in [1.807, 2.05) is 12.1 Å². The van der Waals surface area contributed by atoms with Gasteiger partial charge in [-0.3, -0.25) is 4.90 Å². The molecule has 1 aliphatic rings. The third-order valence-electron chi connectivity index (χ3n) is 3.16. The summed E-state index contributed by atoms with van der Waals surface area (Å²) < 4.78 is 5.72. The highest BCUT2D eigenvalue weighted by atomic mass is 16.5. The molecule has 0 saturated carbocycles. The van der Waals surface area contributed by atoms with Gasteiger partial charge in [0.25, 0.3) is 0 Å². The zero-order valence-electron chi connectivity index (χ0n) is 10.3. The standard InChI is InChI=1S/C14H21NO2/c16-10-5-1-4-8-15-9-11-17-14-7-3-2-6-13(14)12-15/h2-3,6-7,16H,1,4-5,8-12H2. The fourth-order valence-corrected chi connectivity index (χ4v) is 2.19. The monoisotopic (exact) mass is 235 g/mol. The van der Waals surface area contributed by atoms with Gasteiger partial charge in [0.2, 0.25) is 0 Å². The number of nitrogens with zero attached hydrogens (tertiary/aromatic N) is 1. The Balaban J connectivity index is 1.85. The first kappa shape index (κ1) is 12.4. The van der Waals surface area contributed by atoms with E-state index in [4.69, 9.17) is 9.84 Å². The summed E-state index contributed by atoms with van der Waals surface area (Å²) in [7, 11) is 0. The molecule has 3 heteroatoms. The van der Waals surface area contributed by atoms with Crippen molar-refractivity contribution in [3.63, 3.8) is 0 Å². The van der Waals surface area contributed by atoms with Crippen LogP contribution < -0.4 is 4.74 Å². The van der Waals surface area contributed by atoms with Crippen LogP contribution in [0.15, 0.2) is 24.3 Å². The van der Waals surface area contributed by atoms with Crippen molar-refractivity contribution >= 4 is 0 Å². The summed E-state index contributed by atoms with van der Waals surface area (Å²) in [6, 6.07) is 8.28. The number of benzene rings is 1. The van der Waals surface area contributed by atoms with E-state index < -0.39 is 0 Å². The first-order valence-corrected chi connectivity index (χ1v) is 6.44. The lowest BCUT2D eigenvalue weighted by atomic mass is 10.2. The summed E-state index contributed by atoms with van der Waals surface area (Å²) in [6.45, 7) is 4.16. The molecule has 17 heavy (non-hydrogen) atoms. The lowest BCUT2D eigenvalue weighted by molar-refractivity contribution is 0.218. The van der Waals surface area contributed by atoms with E-state index in [-0.39, 0.29) is 0 Å². The number of aliphatic hydroxyl groups excluding tert-OH is 1. The smallest absolute Gasteiger partial charge is 0.123 e. The predicted molar refractivity (Wildman–Crippen MR) is 68.2 cm³/mol. The molecule has 0 fully saturated rings. The third-order valence-corrected chi connectivity index (χ3v) is 3.16. The largest absolute Gasteiger partial charge is 0.492 e. The number of hydrogen-bond acceptors (Lipinski definition) is 3. The Morgan fingerprint density at radius 3 is 2.94 bits per heavy atom. The fourth-order valence-electron chi connectivity index (χ4n) is 2.19. The number of aliphatic hydroxyl groups is 1. The maximum Gasteiger partial charge on any atom is 0.123 e. The van der Waals surface area contributed by atoms with Gasteiger partial charge >= 0.3 is 0 Å². The molecule has 3 nitrogen and oxygen atoms in total. The number of fused-ring (bicyclic) bond motifs is 1. The molecule has 1 aliphatic heterocycles. The van der Waals surface area contributed by atoms with E-state index in [9.17, 15) is 0 Å². The minimum Gasteiger partial charge on any atom is -0.492 e. The van der Waals surface area contributed by atoms with Gasteiger partial charge in [-0.15, -0.1) is 0 Å². The molecule has 94 valence electrons. The summed E-state index contributed by atoms with van der Waals surface area (Å²) in [4.78, 5) is 2.43. The highest BCUT2D eigenvalue weighted by molar-refractivity contribution is 5.33. The molecular weight excluding hydrogens is 214 g/mol. The number of ether oxygens (including phenoxy) is 1. The van der Waals surface area contributed by atoms with Gasteiger partial charge in [-0.2, -0.15) is 0 Å². The van der Waals surface area contributed by atoms with Crippen molar-refractivity contribution in [1.82, 2.24) is 4.90 Å². The fraction of sp³-hybridized carbons (Fsp3) is 0.571. The molecule has 2 rings (SSSR count). The number of unbranched alkanes of at least 4 members (excludes halogenated alkanes) is 2. The van der Waals surface area contributed by atoms with E-state index in [2.05, 4.69) is 17.0 Å². The zero-order valence-corrected chi connectivity index (χ0v) is 10.3. The minimum atomic E-state index is 0.311. The van der Waals surface area contributed by atoms with E-state index in [1.54, 1.807) is 0 Å². The van der Waals surface area contributed by atoms with Crippen LogP contribution in [0, 0.1) is 0 Å². The van der Waals surface area contributed by atoms with Crippen LogP contribution in [0.1, 0.15) is 24.8 Å². The summed E-state index contributed by atoms with van der Waals surface area (Å²) in [5.74, 6) is 1.03. The third kappa shape index (κ3) is 3.72. The maximum absolute atomic E-state index is 8.74. The molecule has 0 atom stereocenters. The van der Waals surface area contributed by atoms with Gasteiger partial charge < -0.3 is 9.84 Å². The van der Waals surface area contributed by atoms with Gasteiger partial charge in [-0.05, 0) is 31.9 Å². The highest BCUT2D eigenvalue weighted by Crippen LogP contribution is 2.22. The van der Waals surface area contributed by atoms with Crippen LogP contribution in [-0.2, 0) is 6.54 Å². The molecule has 1 aromatic rings. The van der Waals surface area contributed by atoms with E-state index in [0.29, 0.717) is 6.61 Å². The molecule has 0 spiro atoms. The summed E-state index contributed by atoms with van der Waals surface area (Å²) in [5.41, 5.74) is 1.28. The van der Waals surface area contributed by atoms with Crippen LogP contribution in [0.4, 0.5) is 0 Å². The van der Waals surface area contributed by atoms with Gasteiger partial charge in [0.1, 0.15) is 12.4 Å². The second kappa shape index (κ2) is 6.62. The first-order valence-electron chi connectivity index (χ1n) is 6.44. The van der Waals surface area contributed by atoms with Crippen LogP contribution in [0.25, 0.3) is 0 Å². The second-order valence-electron chi connectivity index (χ2n) is 4.52. The molecule has 0 aliphatic carbocycles. The average Bonchev–Trinajstić information content (AvgIpc) is 2.56. The summed E-state index contributed by atoms with van der Waals surface area (Å²) in [6.07, 6.45) is 3.18. The van der Waals surface area contributed by atoms with Crippen LogP contribution in [-0.4, -0.2) is 36.3 Å². The lowest BCUT2D eigenvalue weighted by Crippen LogP contribution is -2.26. The van der Waals surface area contributed by atoms with Crippen LogP contribution in [0.3, 0.4) is 0 Å². The normalized spacial score (nSPS) is 16.1. The van der Waals surface area contributed by atoms with Crippen molar-refractivity contribution in [3.8, 4) is 5.75 Å². The van der Waals surface area contributed by atoms with Gasteiger partial charge in [0.05, 0.1) is 0 Å². The number of rotatable bonds is 5. The SMILES string of the molecule is OCCCCCN1CCOc2ccccc2C1. The Bertz CT molecular complexity index is 341. The molecule has 0 bridgehead atoms. The Morgan fingerprint density at radius 1 is 1.18 bits per heavy atom. The van der Waals surface area contributed by atoms with Crippen LogP contribution >= 0.6 is 0 Å². The molecule has 0 amide bonds. The molecule has 1 heterocycles.